The fraction of sp³-hybridized carbons (Fsp3) is 0. The molecule has 0 aromatic carbocycles. The molecule has 2 heteroatoms. The van der Waals surface area contributed by atoms with Crippen molar-refractivity contribution in [3.8, 4) is 9.47 Å². The van der Waals surface area contributed by atoms with Crippen LogP contribution in [0.15, 0.2) is 0 Å². The summed E-state index contributed by atoms with van der Waals surface area (Å²) in [6.45, 7) is 0. The van der Waals surface area contributed by atoms with Crippen LogP contribution in [0.2, 0.25) is 0 Å². The fourth-order valence-electron chi connectivity index (χ4n) is 0. The van der Waals surface area contributed by atoms with Gasteiger partial charge in [0.15, 0.2) is 0 Å². The lowest BCUT2D eigenvalue weighted by Gasteiger charge is -1.36. The first-order valence-corrected chi connectivity index (χ1v) is 2.27. The number of hydrogen-bond acceptors (Lipinski definition) is 0. The molecule has 0 aliphatic heterocycles. The summed E-state index contributed by atoms with van der Waals surface area (Å²) < 4.78 is 2.56. The molecule has 0 bridgehead atoms. The maximum atomic E-state index is 2.92. The lowest BCUT2D eigenvalue weighted by atomic mass is 11.4. The Bertz CT molecular complexity index is 42.8. The van der Waals surface area contributed by atoms with Crippen LogP contribution < -0.4 is 0 Å². The molecule has 0 unspecified atom stereocenters. The van der Waals surface area contributed by atoms with E-state index < -0.39 is 0 Å². The molecule has 0 N–H and O–H groups in total. The number of halogens is 1. The van der Waals surface area contributed by atoms with Gasteiger partial charge in [-0.2, -0.15) is 0 Å². The van der Waals surface area contributed by atoms with E-state index in [9.17, 15) is 0 Å². The Kier molecular flexibility index (Phi) is 3.95. The van der Waals surface area contributed by atoms with Crippen molar-refractivity contribution in [2.75, 3.05) is 0 Å². The van der Waals surface area contributed by atoms with Gasteiger partial charge in [0.2, 0.25) is 0 Å². The van der Waals surface area contributed by atoms with Crippen LogP contribution in [0.25, 0.3) is 0 Å². The molecule has 0 aromatic heterocycles. The molecule has 0 heterocycles. The highest BCUT2D eigenvalue weighted by atomic mass is 127. The zero-order chi connectivity index (χ0) is 3.41. The Morgan fingerprint density at radius 1 is 1.75 bits per heavy atom. The number of hydrogen-bond donors (Lipinski definition) is 0. The highest BCUT2D eigenvalue weighted by Crippen LogP contribution is 1.63. The highest BCUT2D eigenvalue weighted by Gasteiger charge is 1.31. The largest absolute Gasteiger partial charge is 0.148 e. The first-order valence-electron chi connectivity index (χ1n) is 0.689. The summed E-state index contributed by atoms with van der Waals surface area (Å²) in [5.41, 5.74) is 2.47. The molecule has 19 valence electrons. The molecule has 0 nitrogen and oxygen atoms in total. The van der Waals surface area contributed by atoms with Gasteiger partial charge in [0.1, 0.15) is 10.2 Å². The van der Waals surface area contributed by atoms with Crippen molar-refractivity contribution in [1.82, 2.24) is 0 Å². The van der Waals surface area contributed by atoms with Crippen LogP contribution in [0.3, 0.4) is 0 Å². The zero-order valence-electron chi connectivity index (χ0n) is 1.88. The number of rotatable bonds is 0. The molecule has 0 aromatic rings. The predicted octanol–water partition coefficient (Wildman–Crippen LogP) is 0.508. The second-order valence-corrected chi connectivity index (χ2v) is 1.01. The maximum absolute atomic E-state index is 2.92. The smallest absolute Gasteiger partial charge is 0.127 e. The molecule has 0 aliphatic carbocycles. The Morgan fingerprint density at radius 2 is 2.00 bits per heavy atom. The Hall–Kier alpha value is 0.507. The van der Waals surface area contributed by atoms with Crippen LogP contribution in [0, 0.1) is 9.47 Å². The van der Waals surface area contributed by atoms with Gasteiger partial charge < -0.3 is 0 Å². The molecule has 0 saturated carbocycles. The molecule has 0 amide bonds. The van der Waals surface area contributed by atoms with Crippen LogP contribution in [-0.4, -0.2) is 10.2 Å². The minimum Gasteiger partial charge on any atom is -0.127 e. The normalized spacial score (nSPS) is 3.50. The first kappa shape index (κ1) is 4.51. The minimum atomic E-state index is 1.94. The van der Waals surface area contributed by atoms with E-state index in [0.717, 1.165) is 0 Å². The second kappa shape index (κ2) is 3.51. The summed E-state index contributed by atoms with van der Waals surface area (Å²) in [5.74, 6) is 0. The third kappa shape index (κ3) is 2.51. The van der Waals surface area contributed by atoms with Gasteiger partial charge >= 0.3 is 0 Å². The molecular weight excluding hydrogens is 179 g/mol. The van der Waals surface area contributed by atoms with Gasteiger partial charge in [-0.25, -0.2) is 0 Å². The Balaban J connectivity index is 2.83. The van der Waals surface area contributed by atoms with E-state index in [1.807, 2.05) is 22.6 Å². The van der Waals surface area contributed by atoms with Crippen LogP contribution in [-0.2, 0) is 0 Å². The lowest BCUT2D eigenvalue weighted by molar-refractivity contribution is 3.06. The van der Waals surface area contributed by atoms with Gasteiger partial charge in [-0.15, -0.1) is 5.54 Å². The van der Waals surface area contributed by atoms with E-state index in [1.165, 1.54) is 0 Å². The van der Waals surface area contributed by atoms with E-state index in [0.29, 0.717) is 0 Å². The van der Waals surface area contributed by atoms with E-state index in [4.69, 9.17) is 0 Å². The second-order valence-electron chi connectivity index (χ2n) is 0.219. The maximum Gasteiger partial charge on any atom is 0.148 e. The summed E-state index contributed by atoms with van der Waals surface area (Å²) in [6.07, 6.45) is 0. The monoisotopic (exact) mass is 179 g/mol. The molecule has 0 rings (SSSR count). The van der Waals surface area contributed by atoms with Crippen LogP contribution in [0.1, 0.15) is 0 Å². The first-order chi connectivity index (χ1) is 1.91. The van der Waals surface area contributed by atoms with E-state index in [-0.39, 0.29) is 0 Å². The van der Waals surface area contributed by atoms with Crippen molar-refractivity contribution in [3.05, 3.63) is 0 Å². The summed E-state index contributed by atoms with van der Waals surface area (Å²) >= 11 is 1.94. The summed E-state index contributed by atoms with van der Waals surface area (Å²) in [4.78, 5) is 0. The minimum absolute atomic E-state index is 1.94. The van der Waals surface area contributed by atoms with Crippen molar-refractivity contribution < 1.29 is 0 Å². The van der Waals surface area contributed by atoms with Gasteiger partial charge in [0, 0.05) is 22.6 Å². The van der Waals surface area contributed by atoms with Gasteiger partial charge in [-0.3, -0.25) is 0 Å². The van der Waals surface area contributed by atoms with Gasteiger partial charge in [0.05, 0.1) is 0 Å². The molecule has 0 fully saturated rings. The van der Waals surface area contributed by atoms with Crippen LogP contribution in [0.4, 0.5) is 0 Å². The Morgan fingerprint density at radius 3 is 2.00 bits per heavy atom. The molecule has 3 radical (unpaired) electrons. The molecule has 0 aliphatic rings. The topological polar surface area (TPSA) is 0 Å². The average molecular weight is 179 g/mol. The molecule has 0 atom stereocenters. The average Bonchev–Trinajstić information content (AvgIpc) is 1.37. The third-order valence-corrected chi connectivity index (χ3v) is 0.951. The quantitative estimate of drug-likeness (QED) is 0.288. The third-order valence-electron chi connectivity index (χ3n) is 0.0472. The van der Waals surface area contributed by atoms with Crippen molar-refractivity contribution in [3.63, 3.8) is 0 Å². The van der Waals surface area contributed by atoms with Crippen molar-refractivity contribution >= 4 is 32.8 Å². The zero-order valence-corrected chi connectivity index (χ0v) is 5.04. The lowest BCUT2D eigenvalue weighted by Crippen LogP contribution is -1.37. The summed E-state index contributed by atoms with van der Waals surface area (Å²) in [6, 6.07) is 0. The van der Waals surface area contributed by atoms with Crippen molar-refractivity contribution in [1.29, 1.82) is 0 Å². The molecule has 0 spiro atoms. The van der Waals surface area contributed by atoms with E-state index in [1.54, 1.807) is 0 Å². The summed E-state index contributed by atoms with van der Waals surface area (Å²) in [7, 11) is 2.92. The van der Waals surface area contributed by atoms with Crippen LogP contribution >= 0.6 is 22.6 Å². The van der Waals surface area contributed by atoms with Crippen molar-refractivity contribution in [2.45, 2.75) is 0 Å². The fourth-order valence-corrected chi connectivity index (χ4v) is 0. The predicted molar refractivity (Wildman–Crippen MR) is 27.5 cm³/mol. The highest BCUT2D eigenvalue weighted by molar-refractivity contribution is 14.1. The Labute approximate surface area is 42.5 Å². The standard InChI is InChI=1S/C2ISi/c3-1-2-4. The van der Waals surface area contributed by atoms with E-state index >= 15 is 0 Å². The molecule has 4 heavy (non-hydrogen) atoms. The van der Waals surface area contributed by atoms with Gasteiger partial charge in [-0.05, 0) is 3.93 Å². The summed E-state index contributed by atoms with van der Waals surface area (Å²) in [5, 5.41) is 0. The van der Waals surface area contributed by atoms with Crippen LogP contribution in [0.5, 0.6) is 0 Å². The van der Waals surface area contributed by atoms with Crippen molar-refractivity contribution in [2.24, 2.45) is 0 Å². The molecule has 0 saturated heterocycles. The van der Waals surface area contributed by atoms with E-state index in [2.05, 4.69) is 19.7 Å². The van der Waals surface area contributed by atoms with Gasteiger partial charge in [-0.1, -0.05) is 0 Å². The SMILES string of the molecule is [Si]C#CI. The van der Waals surface area contributed by atoms with Gasteiger partial charge in [0.25, 0.3) is 0 Å². The molecular formula is C2ISi.